The molecule has 0 amide bonds. The first kappa shape index (κ1) is 24.3. The molecule has 5 N–H and O–H groups in total. The van der Waals surface area contributed by atoms with Gasteiger partial charge in [-0.3, -0.25) is 0 Å². The number of carbonyl (C=O) groups is 1. The van der Waals surface area contributed by atoms with Gasteiger partial charge in [-0.25, -0.2) is 4.79 Å². The van der Waals surface area contributed by atoms with E-state index in [1.54, 1.807) is 12.2 Å². The van der Waals surface area contributed by atoms with Crippen LogP contribution in [0.1, 0.15) is 5.56 Å². The Balaban J connectivity index is 1.28. The topological polar surface area (TPSA) is 168 Å². The molecular weight excluding hydrogens is 464 g/mol. The van der Waals surface area contributed by atoms with Gasteiger partial charge in [0.2, 0.25) is 6.29 Å². The second-order valence-corrected chi connectivity index (χ2v) is 9.11. The number of hydrogen-bond donors (Lipinski definition) is 5. The van der Waals surface area contributed by atoms with E-state index in [0.717, 1.165) is 5.56 Å². The SMILES string of the molecule is O=C(/C=C\c1ccccc1)OC[C@]12O[C@H]1[C@@H](O)[C@@H]1C=COC(O[C@@H]3O[C@H](CO)[C@@H](O)[C@H](O)[C@H]3O)[C@@H]12. The second kappa shape index (κ2) is 9.60. The molecule has 3 aliphatic heterocycles. The lowest BCUT2D eigenvalue weighted by Gasteiger charge is -2.43. The van der Waals surface area contributed by atoms with Crippen LogP contribution < -0.4 is 0 Å². The van der Waals surface area contributed by atoms with Crippen LogP contribution in [0.15, 0.2) is 48.7 Å². The van der Waals surface area contributed by atoms with Crippen LogP contribution in [0.25, 0.3) is 6.08 Å². The van der Waals surface area contributed by atoms with Crippen molar-refractivity contribution in [3.05, 3.63) is 54.3 Å². The van der Waals surface area contributed by atoms with Crippen molar-refractivity contribution in [2.75, 3.05) is 13.2 Å². The zero-order valence-electron chi connectivity index (χ0n) is 18.6. The summed E-state index contributed by atoms with van der Waals surface area (Å²) in [4.78, 5) is 12.3. The molecular formula is C24H28O11. The fourth-order valence-electron chi connectivity index (χ4n) is 5.11. The Bertz CT molecular complexity index is 965. The minimum absolute atomic E-state index is 0.167. The summed E-state index contributed by atoms with van der Waals surface area (Å²) >= 11 is 0. The summed E-state index contributed by atoms with van der Waals surface area (Å²) in [5.41, 5.74) is -0.248. The van der Waals surface area contributed by atoms with Crippen molar-refractivity contribution in [2.24, 2.45) is 11.8 Å². The highest BCUT2D eigenvalue weighted by molar-refractivity contribution is 5.87. The highest BCUT2D eigenvalue weighted by Gasteiger charge is 2.76. The van der Waals surface area contributed by atoms with E-state index in [4.69, 9.17) is 23.7 Å². The van der Waals surface area contributed by atoms with Crippen LogP contribution >= 0.6 is 0 Å². The Labute approximate surface area is 200 Å². The monoisotopic (exact) mass is 492 g/mol. The van der Waals surface area contributed by atoms with Gasteiger partial charge in [0, 0.05) is 12.0 Å². The number of esters is 1. The maximum Gasteiger partial charge on any atom is 0.330 e. The van der Waals surface area contributed by atoms with Gasteiger partial charge >= 0.3 is 5.97 Å². The van der Waals surface area contributed by atoms with Gasteiger partial charge in [0.1, 0.15) is 42.7 Å². The van der Waals surface area contributed by atoms with Crippen molar-refractivity contribution in [1.82, 2.24) is 0 Å². The molecule has 5 rings (SSSR count). The summed E-state index contributed by atoms with van der Waals surface area (Å²) in [6, 6.07) is 9.24. The first-order valence-corrected chi connectivity index (χ1v) is 11.4. The lowest BCUT2D eigenvalue weighted by molar-refractivity contribution is -0.344. The average Bonchev–Trinajstić information content (AvgIpc) is 3.56. The van der Waals surface area contributed by atoms with Crippen LogP contribution in [0.5, 0.6) is 0 Å². The molecule has 0 aromatic heterocycles. The molecule has 1 aromatic rings. The van der Waals surface area contributed by atoms with Crippen molar-refractivity contribution < 1.29 is 54.0 Å². The molecule has 1 aliphatic carbocycles. The molecule has 35 heavy (non-hydrogen) atoms. The summed E-state index contributed by atoms with van der Waals surface area (Å²) in [5.74, 6) is -1.67. The zero-order valence-corrected chi connectivity index (χ0v) is 18.6. The van der Waals surface area contributed by atoms with Crippen molar-refractivity contribution >= 4 is 12.0 Å². The maximum absolute atomic E-state index is 12.3. The van der Waals surface area contributed by atoms with E-state index in [9.17, 15) is 30.3 Å². The summed E-state index contributed by atoms with van der Waals surface area (Å²) in [7, 11) is 0. The number of carbonyl (C=O) groups excluding carboxylic acids is 1. The highest BCUT2D eigenvalue weighted by atomic mass is 16.8. The van der Waals surface area contributed by atoms with Crippen LogP contribution in [0.4, 0.5) is 0 Å². The number of epoxide rings is 1. The number of fused-ring (bicyclic) bond motifs is 3. The third kappa shape index (κ3) is 4.39. The third-order valence-corrected chi connectivity index (χ3v) is 7.03. The van der Waals surface area contributed by atoms with Crippen LogP contribution in [0.2, 0.25) is 0 Å². The first-order valence-electron chi connectivity index (χ1n) is 11.4. The number of aliphatic hydroxyl groups excluding tert-OH is 5. The highest BCUT2D eigenvalue weighted by Crippen LogP contribution is 2.60. The number of benzene rings is 1. The number of rotatable bonds is 7. The van der Waals surface area contributed by atoms with Gasteiger partial charge in [0.25, 0.3) is 0 Å². The van der Waals surface area contributed by atoms with Crippen LogP contribution in [-0.2, 0) is 28.5 Å². The molecule has 0 bridgehead atoms. The maximum atomic E-state index is 12.3. The third-order valence-electron chi connectivity index (χ3n) is 7.03. The van der Waals surface area contributed by atoms with Crippen LogP contribution in [-0.4, -0.2) is 99.5 Å². The largest absolute Gasteiger partial charge is 0.472 e. The Morgan fingerprint density at radius 3 is 2.54 bits per heavy atom. The molecule has 190 valence electrons. The predicted octanol–water partition coefficient (Wildman–Crippen LogP) is -1.33. The summed E-state index contributed by atoms with van der Waals surface area (Å²) < 4.78 is 28.1. The van der Waals surface area contributed by atoms with E-state index < -0.39 is 79.2 Å². The fraction of sp³-hybridized carbons (Fsp3) is 0.542. The van der Waals surface area contributed by atoms with Crippen LogP contribution in [0.3, 0.4) is 0 Å². The van der Waals surface area contributed by atoms with E-state index >= 15 is 0 Å². The van der Waals surface area contributed by atoms with Gasteiger partial charge in [-0.15, -0.1) is 0 Å². The van der Waals surface area contributed by atoms with Crippen molar-refractivity contribution in [3.63, 3.8) is 0 Å². The van der Waals surface area contributed by atoms with Gasteiger partial charge in [-0.2, -0.15) is 0 Å². The standard InChI is InChI=1S/C24H28O11/c25-10-14-18(28)19(29)20(30)23(33-14)34-22-16-13(8-9-31-22)17(27)21-24(16,35-21)11-32-15(26)7-6-12-4-2-1-3-5-12/h1-9,13-14,16-23,25,27-30H,10-11H2/b7-6-/t13-,14-,16-,17+,18-,19+,20-,21+,22?,23+,24-/m1/s1. The molecule has 0 radical (unpaired) electrons. The predicted molar refractivity (Wildman–Crippen MR) is 116 cm³/mol. The molecule has 1 unspecified atom stereocenters. The first-order chi connectivity index (χ1) is 16.9. The quantitative estimate of drug-likeness (QED) is 0.174. The van der Waals surface area contributed by atoms with Crippen molar-refractivity contribution in [2.45, 2.75) is 54.8 Å². The summed E-state index contributed by atoms with van der Waals surface area (Å²) in [6.45, 7) is -0.776. The van der Waals surface area contributed by atoms with Crippen LogP contribution in [0, 0.1) is 11.8 Å². The molecule has 2 saturated heterocycles. The molecule has 3 fully saturated rings. The van der Waals surface area contributed by atoms with E-state index in [0.29, 0.717) is 0 Å². The Morgan fingerprint density at radius 2 is 1.80 bits per heavy atom. The smallest absolute Gasteiger partial charge is 0.330 e. The van der Waals surface area contributed by atoms with Gasteiger partial charge < -0.3 is 49.2 Å². The normalized spacial score (nSPS) is 43.9. The van der Waals surface area contributed by atoms with E-state index in [1.807, 2.05) is 30.3 Å². The molecule has 11 heteroatoms. The minimum atomic E-state index is -1.63. The summed E-state index contributed by atoms with van der Waals surface area (Å²) in [6.07, 6.45) is -4.06. The van der Waals surface area contributed by atoms with Crippen molar-refractivity contribution in [1.29, 1.82) is 0 Å². The molecule has 1 saturated carbocycles. The Hall–Kier alpha value is -2.35. The van der Waals surface area contributed by atoms with E-state index in [2.05, 4.69) is 0 Å². The fourth-order valence-corrected chi connectivity index (χ4v) is 5.11. The molecule has 11 nitrogen and oxygen atoms in total. The Kier molecular flexibility index (Phi) is 6.68. The van der Waals surface area contributed by atoms with Crippen molar-refractivity contribution in [3.8, 4) is 0 Å². The zero-order chi connectivity index (χ0) is 24.7. The lowest BCUT2D eigenvalue weighted by atomic mass is 9.85. The van der Waals surface area contributed by atoms with Gasteiger partial charge in [0.05, 0.1) is 24.9 Å². The number of hydrogen-bond acceptors (Lipinski definition) is 11. The minimum Gasteiger partial charge on any atom is -0.472 e. The molecule has 4 aliphatic rings. The number of aliphatic hydroxyl groups is 5. The molecule has 0 spiro atoms. The molecule has 11 atom stereocenters. The average molecular weight is 492 g/mol. The molecule has 1 aromatic carbocycles. The lowest BCUT2D eigenvalue weighted by Crippen LogP contribution is -2.60. The van der Waals surface area contributed by atoms with Gasteiger partial charge in [0.15, 0.2) is 6.29 Å². The van der Waals surface area contributed by atoms with Gasteiger partial charge in [-0.05, 0) is 17.7 Å². The van der Waals surface area contributed by atoms with Gasteiger partial charge in [-0.1, -0.05) is 30.3 Å². The Morgan fingerprint density at radius 1 is 1.03 bits per heavy atom. The van der Waals surface area contributed by atoms with E-state index in [-0.39, 0.29) is 6.61 Å². The second-order valence-electron chi connectivity index (χ2n) is 9.11. The molecule has 3 heterocycles. The number of ether oxygens (including phenoxy) is 5. The van der Waals surface area contributed by atoms with E-state index in [1.165, 1.54) is 12.3 Å². The summed E-state index contributed by atoms with van der Waals surface area (Å²) in [5, 5.41) is 50.5.